The minimum atomic E-state index is -0.766. The predicted molar refractivity (Wildman–Crippen MR) is 74.2 cm³/mol. The van der Waals surface area contributed by atoms with Gasteiger partial charge < -0.3 is 5.32 Å². The van der Waals surface area contributed by atoms with Gasteiger partial charge in [-0.15, -0.1) is 0 Å². The second kappa shape index (κ2) is 5.07. The van der Waals surface area contributed by atoms with Gasteiger partial charge in [-0.1, -0.05) is 32.9 Å². The van der Waals surface area contributed by atoms with Gasteiger partial charge in [0.25, 0.3) is 5.91 Å². The maximum absolute atomic E-state index is 12.0. The molecule has 20 heavy (non-hydrogen) atoms. The third kappa shape index (κ3) is 3.04. The van der Waals surface area contributed by atoms with Crippen LogP contribution in [0.2, 0.25) is 0 Å². The first kappa shape index (κ1) is 14.2. The van der Waals surface area contributed by atoms with Crippen LogP contribution in [0.4, 0.5) is 0 Å². The van der Waals surface area contributed by atoms with Crippen LogP contribution >= 0.6 is 0 Å². The Labute approximate surface area is 117 Å². The highest BCUT2D eigenvalue weighted by atomic mass is 16.2. The van der Waals surface area contributed by atoms with Crippen LogP contribution in [0.25, 0.3) is 0 Å². The first-order chi connectivity index (χ1) is 9.27. The predicted octanol–water partition coefficient (Wildman–Crippen LogP) is 1.13. The van der Waals surface area contributed by atoms with Gasteiger partial charge in [0.05, 0.1) is 6.42 Å². The third-order valence-corrected chi connectivity index (χ3v) is 3.29. The topological polar surface area (TPSA) is 75.3 Å². The van der Waals surface area contributed by atoms with E-state index in [0.29, 0.717) is 5.56 Å². The second-order valence-electron chi connectivity index (χ2n) is 5.97. The molecule has 0 radical (unpaired) electrons. The number of hydrogen-bond donors (Lipinski definition) is 2. The Morgan fingerprint density at radius 1 is 1.20 bits per heavy atom. The maximum Gasteiger partial charge on any atom is 0.251 e. The van der Waals surface area contributed by atoms with Crippen molar-refractivity contribution < 1.29 is 14.4 Å². The molecule has 3 amide bonds. The highest BCUT2D eigenvalue weighted by Crippen LogP contribution is 2.22. The molecule has 2 rings (SSSR count). The fraction of sp³-hybridized carbons (Fsp3) is 0.400. The second-order valence-corrected chi connectivity index (χ2v) is 5.97. The Morgan fingerprint density at radius 3 is 2.25 bits per heavy atom. The number of rotatable bonds is 2. The zero-order valence-electron chi connectivity index (χ0n) is 11.8. The lowest BCUT2D eigenvalue weighted by molar-refractivity contribution is -0.125. The monoisotopic (exact) mass is 274 g/mol. The summed E-state index contributed by atoms with van der Waals surface area (Å²) < 4.78 is 0. The van der Waals surface area contributed by atoms with Crippen molar-refractivity contribution in [3.8, 4) is 0 Å². The van der Waals surface area contributed by atoms with Crippen molar-refractivity contribution in [3.63, 3.8) is 0 Å². The molecule has 1 unspecified atom stereocenters. The van der Waals surface area contributed by atoms with E-state index in [0.717, 1.165) is 5.56 Å². The van der Waals surface area contributed by atoms with Crippen LogP contribution < -0.4 is 10.6 Å². The largest absolute Gasteiger partial charge is 0.340 e. The summed E-state index contributed by atoms with van der Waals surface area (Å²) in [6.07, 6.45) is 0.00461. The van der Waals surface area contributed by atoms with Crippen LogP contribution in [-0.4, -0.2) is 23.8 Å². The van der Waals surface area contributed by atoms with Gasteiger partial charge in [0.1, 0.15) is 6.04 Å². The van der Waals surface area contributed by atoms with Crippen molar-refractivity contribution in [1.29, 1.82) is 0 Å². The summed E-state index contributed by atoms with van der Waals surface area (Å²) in [5.74, 6) is -1.15. The lowest BCUT2D eigenvalue weighted by Gasteiger charge is -2.19. The summed E-state index contributed by atoms with van der Waals surface area (Å²) in [6, 6.07) is 6.48. The molecule has 0 aromatic heterocycles. The highest BCUT2D eigenvalue weighted by Gasteiger charge is 2.31. The molecule has 1 aromatic carbocycles. The summed E-state index contributed by atoms with van der Waals surface area (Å²) in [6.45, 7) is 6.28. The molecule has 0 bridgehead atoms. The van der Waals surface area contributed by atoms with E-state index in [1.807, 2.05) is 12.1 Å². The first-order valence-corrected chi connectivity index (χ1v) is 6.52. The fourth-order valence-corrected chi connectivity index (χ4v) is 2.03. The van der Waals surface area contributed by atoms with Gasteiger partial charge in [-0.3, -0.25) is 19.7 Å². The maximum atomic E-state index is 12.0. The molecule has 1 aliphatic heterocycles. The molecular weight excluding hydrogens is 256 g/mol. The zero-order valence-corrected chi connectivity index (χ0v) is 11.8. The third-order valence-electron chi connectivity index (χ3n) is 3.29. The van der Waals surface area contributed by atoms with E-state index in [-0.39, 0.29) is 23.7 Å². The fourth-order valence-electron chi connectivity index (χ4n) is 2.03. The molecule has 1 heterocycles. The Hall–Kier alpha value is -2.17. The van der Waals surface area contributed by atoms with Gasteiger partial charge in [0.2, 0.25) is 11.8 Å². The average Bonchev–Trinajstić information content (AvgIpc) is 2.67. The molecule has 1 saturated heterocycles. The molecule has 0 aliphatic carbocycles. The van der Waals surface area contributed by atoms with Crippen LogP contribution in [0, 0.1) is 0 Å². The number of carbonyl (C=O) groups excluding carboxylic acids is 3. The average molecular weight is 274 g/mol. The molecule has 1 aliphatic rings. The number of benzene rings is 1. The summed E-state index contributed by atoms with van der Waals surface area (Å²) in [5.41, 5.74) is 1.63. The molecule has 2 N–H and O–H groups in total. The van der Waals surface area contributed by atoms with Crippen molar-refractivity contribution in [2.45, 2.75) is 38.6 Å². The van der Waals surface area contributed by atoms with E-state index in [1.165, 1.54) is 0 Å². The van der Waals surface area contributed by atoms with E-state index in [2.05, 4.69) is 31.4 Å². The molecule has 1 fully saturated rings. The molecule has 1 atom stereocenters. The van der Waals surface area contributed by atoms with E-state index >= 15 is 0 Å². The first-order valence-electron chi connectivity index (χ1n) is 6.52. The summed E-state index contributed by atoms with van der Waals surface area (Å²) >= 11 is 0. The van der Waals surface area contributed by atoms with Crippen LogP contribution in [0.5, 0.6) is 0 Å². The Balaban J connectivity index is 2.07. The standard InChI is InChI=1S/C15H18N2O3/c1-15(2,3)10-6-4-9(5-7-10)13(19)16-11-8-12(18)17-14(11)20/h4-7,11H,8H2,1-3H3,(H,16,19)(H,17,18,20). The zero-order chi connectivity index (χ0) is 14.9. The molecule has 106 valence electrons. The summed E-state index contributed by atoms with van der Waals surface area (Å²) in [5, 5.41) is 4.72. The van der Waals surface area contributed by atoms with Crippen molar-refractivity contribution in [3.05, 3.63) is 35.4 Å². The van der Waals surface area contributed by atoms with Crippen molar-refractivity contribution in [2.75, 3.05) is 0 Å². The lowest BCUT2D eigenvalue weighted by Crippen LogP contribution is -2.40. The Bertz CT molecular complexity index is 555. The Morgan fingerprint density at radius 2 is 1.80 bits per heavy atom. The number of amides is 3. The summed E-state index contributed by atoms with van der Waals surface area (Å²) in [4.78, 5) is 34.5. The van der Waals surface area contributed by atoms with Crippen molar-refractivity contribution in [2.24, 2.45) is 0 Å². The molecule has 1 aromatic rings. The van der Waals surface area contributed by atoms with Crippen LogP contribution in [0.15, 0.2) is 24.3 Å². The SMILES string of the molecule is CC(C)(C)c1ccc(C(=O)NC2CC(=O)NC2=O)cc1. The minimum Gasteiger partial charge on any atom is -0.340 e. The van der Waals surface area contributed by atoms with Crippen LogP contribution in [0.1, 0.15) is 43.1 Å². The van der Waals surface area contributed by atoms with Gasteiger partial charge in [0, 0.05) is 5.56 Å². The number of carbonyl (C=O) groups is 3. The molecular formula is C15H18N2O3. The molecule has 5 nitrogen and oxygen atoms in total. The van der Waals surface area contributed by atoms with Gasteiger partial charge in [-0.2, -0.15) is 0 Å². The molecule has 0 spiro atoms. The van der Waals surface area contributed by atoms with E-state index in [9.17, 15) is 14.4 Å². The Kier molecular flexibility index (Phi) is 3.61. The minimum absolute atomic E-state index is 0.00461. The quantitative estimate of drug-likeness (QED) is 0.794. The normalized spacial score (nSPS) is 18.9. The number of hydrogen-bond acceptors (Lipinski definition) is 3. The van der Waals surface area contributed by atoms with Crippen LogP contribution in [-0.2, 0) is 15.0 Å². The summed E-state index contributed by atoms with van der Waals surface area (Å²) in [7, 11) is 0. The van der Waals surface area contributed by atoms with Gasteiger partial charge in [-0.25, -0.2) is 0 Å². The number of nitrogens with one attached hydrogen (secondary N) is 2. The lowest BCUT2D eigenvalue weighted by atomic mass is 9.86. The van der Waals surface area contributed by atoms with E-state index in [1.54, 1.807) is 12.1 Å². The highest BCUT2D eigenvalue weighted by molar-refractivity contribution is 6.08. The van der Waals surface area contributed by atoms with Gasteiger partial charge in [-0.05, 0) is 23.1 Å². The molecule has 5 heteroatoms. The van der Waals surface area contributed by atoms with E-state index in [4.69, 9.17) is 0 Å². The molecule has 0 saturated carbocycles. The van der Waals surface area contributed by atoms with Crippen LogP contribution in [0.3, 0.4) is 0 Å². The van der Waals surface area contributed by atoms with E-state index < -0.39 is 11.9 Å². The smallest absolute Gasteiger partial charge is 0.251 e. The van der Waals surface area contributed by atoms with Crippen molar-refractivity contribution >= 4 is 17.7 Å². The van der Waals surface area contributed by atoms with Gasteiger partial charge >= 0.3 is 0 Å². The van der Waals surface area contributed by atoms with Gasteiger partial charge in [0.15, 0.2) is 0 Å². The number of imide groups is 1. The van der Waals surface area contributed by atoms with Crippen molar-refractivity contribution in [1.82, 2.24) is 10.6 Å².